The first-order valence-electron chi connectivity index (χ1n) is 33.2. The van der Waals surface area contributed by atoms with Crippen molar-refractivity contribution < 1.29 is 37.3 Å². The standard InChI is InChI=1S/C69H127N2O7P/c1-7-10-13-16-19-22-25-28-30-31-32-33-34-35-36-37-38-39-40-41-42-44-47-50-53-56-59-62-69(73)78-67(60-57-54-51-48-45-27-24-21-18-15-12-9-3)66(65-77-79(74,75)76-64-63-71(4,5)6)70-68(72)61-58-55-52-49-46-43-29-26-23-20-17-14-11-8-2/h19,22,28,30,32-33,35-36,43,46,57,60,66-67H,7-18,20-21,23-27,29,31,34,37-42,44-45,47-56,58-59,61-65H2,1-6H3,(H-,70,72,74,75)/b22-19-,30-28-,33-32-,36-35-,46-43-,60-57-. The fraction of sp³-hybridized carbons (Fsp3) is 0.797. The summed E-state index contributed by atoms with van der Waals surface area (Å²) < 4.78 is 30.3. The van der Waals surface area contributed by atoms with Crippen molar-refractivity contribution in [2.45, 2.75) is 315 Å². The summed E-state index contributed by atoms with van der Waals surface area (Å²) in [5.41, 5.74) is 0. The Balaban J connectivity index is 5.08. The molecule has 10 heteroatoms. The maximum absolute atomic E-state index is 13.5. The van der Waals surface area contributed by atoms with Gasteiger partial charge in [0.25, 0.3) is 7.82 Å². The van der Waals surface area contributed by atoms with E-state index < -0.39 is 26.6 Å². The Bertz CT molecular complexity index is 1580. The molecule has 0 rings (SSSR count). The van der Waals surface area contributed by atoms with Crippen LogP contribution in [0, 0.1) is 0 Å². The topological polar surface area (TPSA) is 114 Å². The number of nitrogens with one attached hydrogen (secondary N) is 1. The molecule has 0 saturated carbocycles. The summed E-state index contributed by atoms with van der Waals surface area (Å²) in [4.78, 5) is 40.0. The molecule has 0 heterocycles. The average Bonchev–Trinajstić information content (AvgIpc) is 3.41. The molecule has 0 aromatic rings. The molecule has 0 spiro atoms. The highest BCUT2D eigenvalue weighted by atomic mass is 31.2. The Kier molecular flexibility index (Phi) is 56.7. The Morgan fingerprint density at radius 1 is 0.443 bits per heavy atom. The van der Waals surface area contributed by atoms with Gasteiger partial charge in [0.15, 0.2) is 0 Å². The molecule has 0 aliphatic carbocycles. The second-order valence-corrected chi connectivity index (χ2v) is 25.0. The number of phosphoric ester groups is 1. The van der Waals surface area contributed by atoms with Crippen LogP contribution in [0.25, 0.3) is 0 Å². The van der Waals surface area contributed by atoms with Crippen molar-refractivity contribution in [3.63, 3.8) is 0 Å². The number of nitrogens with zero attached hydrogens (tertiary/aromatic N) is 1. The molecule has 0 aliphatic heterocycles. The number of rotatable bonds is 60. The molecule has 0 saturated heterocycles. The summed E-state index contributed by atoms with van der Waals surface area (Å²) in [6.45, 7) is 6.81. The number of amides is 1. The van der Waals surface area contributed by atoms with Crippen LogP contribution in [0.3, 0.4) is 0 Å². The minimum atomic E-state index is -4.70. The summed E-state index contributed by atoms with van der Waals surface area (Å²) in [6, 6.07) is -0.899. The summed E-state index contributed by atoms with van der Waals surface area (Å²) in [5.74, 6) is -0.558. The molecule has 0 fully saturated rings. The first kappa shape index (κ1) is 76.5. The van der Waals surface area contributed by atoms with Crippen LogP contribution >= 0.6 is 7.82 Å². The van der Waals surface area contributed by atoms with Crippen molar-refractivity contribution in [3.05, 3.63) is 72.9 Å². The van der Waals surface area contributed by atoms with Crippen LogP contribution in [0.2, 0.25) is 0 Å². The number of carbonyl (C=O) groups is 2. The number of ether oxygens (including phenoxy) is 1. The summed E-state index contributed by atoms with van der Waals surface area (Å²) in [6.07, 6.45) is 75.9. The van der Waals surface area contributed by atoms with Gasteiger partial charge >= 0.3 is 5.97 Å². The summed E-state index contributed by atoms with van der Waals surface area (Å²) >= 11 is 0. The summed E-state index contributed by atoms with van der Waals surface area (Å²) in [5, 5.41) is 3.02. The van der Waals surface area contributed by atoms with E-state index >= 15 is 0 Å². The van der Waals surface area contributed by atoms with Gasteiger partial charge in [0.2, 0.25) is 5.91 Å². The van der Waals surface area contributed by atoms with Gasteiger partial charge in [-0.25, -0.2) is 0 Å². The monoisotopic (exact) mass is 1130 g/mol. The molecular formula is C69H127N2O7P. The number of unbranched alkanes of at least 4 members (excludes halogenated alkanes) is 34. The van der Waals surface area contributed by atoms with Gasteiger partial charge in [-0.05, 0) is 102 Å². The van der Waals surface area contributed by atoms with E-state index in [1.807, 2.05) is 33.3 Å². The van der Waals surface area contributed by atoms with Crippen molar-refractivity contribution in [2.24, 2.45) is 0 Å². The normalized spacial score (nSPS) is 14.1. The van der Waals surface area contributed by atoms with Crippen LogP contribution in [-0.2, 0) is 27.9 Å². The second kappa shape index (κ2) is 58.6. The molecule has 0 aliphatic rings. The lowest BCUT2D eigenvalue weighted by Crippen LogP contribution is -2.47. The van der Waals surface area contributed by atoms with Crippen LogP contribution < -0.4 is 10.2 Å². The van der Waals surface area contributed by atoms with Gasteiger partial charge in [0.05, 0.1) is 33.8 Å². The smallest absolute Gasteiger partial charge is 0.306 e. The molecule has 0 radical (unpaired) electrons. The zero-order valence-corrected chi connectivity index (χ0v) is 53.5. The highest BCUT2D eigenvalue weighted by molar-refractivity contribution is 7.45. The van der Waals surface area contributed by atoms with Crippen molar-refractivity contribution in [2.75, 3.05) is 40.9 Å². The number of hydrogen-bond acceptors (Lipinski definition) is 7. The molecule has 0 aromatic heterocycles. The largest absolute Gasteiger partial charge is 0.756 e. The van der Waals surface area contributed by atoms with E-state index in [0.717, 1.165) is 83.5 Å². The molecule has 1 amide bonds. The number of hydrogen-bond donors (Lipinski definition) is 1. The number of carbonyl (C=O) groups excluding carboxylic acids is 2. The van der Waals surface area contributed by atoms with E-state index in [1.54, 1.807) is 0 Å². The quantitative estimate of drug-likeness (QED) is 0.0212. The fourth-order valence-electron chi connectivity index (χ4n) is 9.44. The van der Waals surface area contributed by atoms with Gasteiger partial charge in [-0.15, -0.1) is 0 Å². The van der Waals surface area contributed by atoms with Crippen LogP contribution in [0.4, 0.5) is 0 Å². The minimum absolute atomic E-state index is 0.0267. The Morgan fingerprint density at radius 2 is 0.772 bits per heavy atom. The van der Waals surface area contributed by atoms with E-state index in [9.17, 15) is 19.0 Å². The maximum Gasteiger partial charge on any atom is 0.306 e. The van der Waals surface area contributed by atoms with Crippen LogP contribution in [0.5, 0.6) is 0 Å². The number of esters is 1. The summed E-state index contributed by atoms with van der Waals surface area (Å²) in [7, 11) is 1.17. The number of phosphoric acid groups is 1. The molecule has 9 nitrogen and oxygen atoms in total. The molecule has 1 N–H and O–H groups in total. The molecule has 79 heavy (non-hydrogen) atoms. The van der Waals surface area contributed by atoms with Crippen molar-refractivity contribution in [3.8, 4) is 0 Å². The highest BCUT2D eigenvalue weighted by Crippen LogP contribution is 2.38. The zero-order chi connectivity index (χ0) is 57.9. The van der Waals surface area contributed by atoms with Crippen molar-refractivity contribution in [1.29, 1.82) is 0 Å². The third-order valence-corrected chi connectivity index (χ3v) is 15.6. The molecule has 0 bridgehead atoms. The van der Waals surface area contributed by atoms with E-state index in [2.05, 4.69) is 86.8 Å². The van der Waals surface area contributed by atoms with Gasteiger partial charge in [0.1, 0.15) is 19.3 Å². The molecule has 0 aromatic carbocycles. The number of likely N-dealkylation sites (N-methyl/N-ethyl adjacent to an activating group) is 1. The Labute approximate surface area is 489 Å². The average molecular weight is 1130 g/mol. The molecular weight excluding hydrogens is 1000 g/mol. The van der Waals surface area contributed by atoms with Crippen molar-refractivity contribution >= 4 is 19.7 Å². The van der Waals surface area contributed by atoms with Gasteiger partial charge in [0, 0.05) is 12.8 Å². The van der Waals surface area contributed by atoms with Gasteiger partial charge in [-0.3, -0.25) is 14.2 Å². The number of quaternary nitrogens is 1. The zero-order valence-electron chi connectivity index (χ0n) is 52.6. The van der Waals surface area contributed by atoms with E-state index in [4.69, 9.17) is 13.8 Å². The first-order valence-corrected chi connectivity index (χ1v) is 34.7. The molecule has 3 atom stereocenters. The Hall–Kier alpha value is -2.55. The van der Waals surface area contributed by atoms with Gasteiger partial charge in [-0.2, -0.15) is 0 Å². The van der Waals surface area contributed by atoms with Gasteiger partial charge in [-0.1, -0.05) is 261 Å². The lowest BCUT2D eigenvalue weighted by molar-refractivity contribution is -0.870. The highest BCUT2D eigenvalue weighted by Gasteiger charge is 2.27. The third kappa shape index (κ3) is 59.9. The third-order valence-electron chi connectivity index (χ3n) is 14.6. The molecule has 3 unspecified atom stereocenters. The lowest BCUT2D eigenvalue weighted by Gasteiger charge is -2.30. The van der Waals surface area contributed by atoms with E-state index in [0.29, 0.717) is 23.9 Å². The first-order chi connectivity index (χ1) is 38.4. The Morgan fingerprint density at radius 3 is 1.20 bits per heavy atom. The van der Waals surface area contributed by atoms with Crippen LogP contribution in [0.15, 0.2) is 72.9 Å². The van der Waals surface area contributed by atoms with Crippen LogP contribution in [-0.4, -0.2) is 69.4 Å². The maximum atomic E-state index is 13.5. The van der Waals surface area contributed by atoms with E-state index in [1.165, 1.54) is 180 Å². The van der Waals surface area contributed by atoms with Crippen molar-refractivity contribution in [1.82, 2.24) is 5.32 Å². The lowest BCUT2D eigenvalue weighted by atomic mass is 10.0. The number of allylic oxidation sites excluding steroid dienone is 11. The van der Waals surface area contributed by atoms with E-state index in [-0.39, 0.29) is 24.9 Å². The fourth-order valence-corrected chi connectivity index (χ4v) is 10.2. The SMILES string of the molecule is CCCCC/C=C\C/C=C\C/C=C\C/C=C\CCCCCCCCCCCCCC(=O)OC(/C=C\CCCCCCCCCCCC)C(COP(=O)([O-])OCC[N+](C)(C)C)NC(=O)CCCCC/C=C\CCCCCCCCC. The van der Waals surface area contributed by atoms with Crippen LogP contribution in [0.1, 0.15) is 303 Å². The predicted molar refractivity (Wildman–Crippen MR) is 339 cm³/mol. The molecule has 460 valence electrons. The predicted octanol–water partition coefficient (Wildman–Crippen LogP) is 20.2. The minimum Gasteiger partial charge on any atom is -0.756 e. The second-order valence-electron chi connectivity index (χ2n) is 23.6. The van der Waals surface area contributed by atoms with Gasteiger partial charge < -0.3 is 28.5 Å².